The van der Waals surface area contributed by atoms with Crippen LogP contribution in [0.1, 0.15) is 39.0 Å². The quantitative estimate of drug-likeness (QED) is 0.891. The largest absolute Gasteiger partial charge is 0.335 e. The van der Waals surface area contributed by atoms with E-state index in [9.17, 15) is 9.59 Å². The molecule has 2 aliphatic heterocycles. The maximum atomic E-state index is 12.9. The predicted octanol–water partition coefficient (Wildman–Crippen LogP) is 1.96. The van der Waals surface area contributed by atoms with Gasteiger partial charge >= 0.3 is 5.69 Å². The highest BCUT2D eigenvalue weighted by Gasteiger charge is 2.37. The van der Waals surface area contributed by atoms with Crippen molar-refractivity contribution in [1.82, 2.24) is 19.4 Å². The molecule has 2 saturated heterocycles. The van der Waals surface area contributed by atoms with Gasteiger partial charge in [0.15, 0.2) is 0 Å². The zero-order valence-corrected chi connectivity index (χ0v) is 15.5. The van der Waals surface area contributed by atoms with Crippen molar-refractivity contribution in [3.63, 3.8) is 0 Å². The van der Waals surface area contributed by atoms with E-state index in [1.54, 1.807) is 4.57 Å². The Labute approximate surface area is 153 Å². The molecule has 3 heterocycles. The van der Waals surface area contributed by atoms with Gasteiger partial charge in [0.1, 0.15) is 0 Å². The fraction of sp³-hybridized carbons (Fsp3) is 0.600. The van der Waals surface area contributed by atoms with E-state index >= 15 is 0 Å². The number of fused-ring (bicyclic) bond motifs is 3. The second kappa shape index (κ2) is 7.27. The van der Waals surface area contributed by atoms with Gasteiger partial charge < -0.3 is 10.2 Å². The molecule has 2 fully saturated rings. The number of aryl methyl sites for hydroxylation is 2. The molecule has 1 aromatic carbocycles. The molecule has 2 aromatic rings. The molecule has 1 N–H and O–H groups in total. The van der Waals surface area contributed by atoms with Crippen LogP contribution in [0.5, 0.6) is 0 Å². The second-order valence-corrected chi connectivity index (χ2v) is 7.50. The molecule has 0 saturated carbocycles. The van der Waals surface area contributed by atoms with Crippen LogP contribution in [0.25, 0.3) is 11.0 Å². The minimum Gasteiger partial charge on any atom is -0.335 e. The zero-order valence-electron chi connectivity index (χ0n) is 15.5. The Balaban J connectivity index is 1.56. The van der Waals surface area contributed by atoms with Crippen LogP contribution in [-0.4, -0.2) is 45.1 Å². The molecule has 0 spiro atoms. The first-order valence-corrected chi connectivity index (χ1v) is 9.90. The molecule has 0 aliphatic carbocycles. The molecule has 4 rings (SSSR count). The van der Waals surface area contributed by atoms with Gasteiger partial charge in [0.05, 0.1) is 11.0 Å². The summed E-state index contributed by atoms with van der Waals surface area (Å²) >= 11 is 0. The summed E-state index contributed by atoms with van der Waals surface area (Å²) in [7, 11) is 0. The third-order valence-electron chi connectivity index (χ3n) is 5.86. The van der Waals surface area contributed by atoms with Crippen molar-refractivity contribution in [3.05, 3.63) is 34.7 Å². The van der Waals surface area contributed by atoms with Crippen molar-refractivity contribution in [1.29, 1.82) is 0 Å². The summed E-state index contributed by atoms with van der Waals surface area (Å²) in [6.45, 7) is 5.14. The Morgan fingerprint density at radius 3 is 2.50 bits per heavy atom. The first-order valence-electron chi connectivity index (χ1n) is 9.90. The normalized spacial score (nSPS) is 22.7. The first kappa shape index (κ1) is 17.3. The molecule has 6 nitrogen and oxygen atoms in total. The van der Waals surface area contributed by atoms with Gasteiger partial charge in [-0.15, -0.1) is 0 Å². The predicted molar refractivity (Wildman–Crippen MR) is 102 cm³/mol. The molecule has 1 aromatic heterocycles. The number of rotatable bonds is 5. The van der Waals surface area contributed by atoms with E-state index < -0.39 is 0 Å². The topological polar surface area (TPSA) is 59.3 Å². The smallest absolute Gasteiger partial charge is 0.329 e. The third kappa shape index (κ3) is 2.96. The lowest BCUT2D eigenvalue weighted by Gasteiger charge is -2.28. The van der Waals surface area contributed by atoms with Crippen molar-refractivity contribution in [2.75, 3.05) is 13.1 Å². The minimum atomic E-state index is 0.00125. The lowest BCUT2D eigenvalue weighted by atomic mass is 10.1. The van der Waals surface area contributed by atoms with Crippen molar-refractivity contribution < 1.29 is 4.79 Å². The van der Waals surface area contributed by atoms with Crippen LogP contribution >= 0.6 is 0 Å². The van der Waals surface area contributed by atoms with Gasteiger partial charge in [-0.05, 0) is 44.4 Å². The van der Waals surface area contributed by atoms with Crippen molar-refractivity contribution in [3.8, 4) is 0 Å². The number of carbonyl (C=O) groups is 1. The Morgan fingerprint density at radius 2 is 1.77 bits per heavy atom. The summed E-state index contributed by atoms with van der Waals surface area (Å²) in [5, 5.41) is 3.44. The standard InChI is InChI=1S/C20H28N4O2/c1-2-12-22-17-5-3-4-6-18(17)23(20(22)26)13-10-19(25)24-15-7-8-16(24)14-21-11-9-15/h3-6,15-16,21H,2,7-14H2,1H3. The lowest BCUT2D eigenvalue weighted by molar-refractivity contribution is -0.134. The number of carbonyl (C=O) groups excluding carboxylic acids is 1. The van der Waals surface area contributed by atoms with Crippen molar-refractivity contribution in [2.24, 2.45) is 0 Å². The van der Waals surface area contributed by atoms with E-state index in [2.05, 4.69) is 17.1 Å². The van der Waals surface area contributed by atoms with Crippen LogP contribution in [0.4, 0.5) is 0 Å². The number of imidazole rings is 1. The first-order chi connectivity index (χ1) is 12.7. The van der Waals surface area contributed by atoms with Crippen LogP contribution in [0, 0.1) is 0 Å². The number of hydrogen-bond acceptors (Lipinski definition) is 3. The van der Waals surface area contributed by atoms with Gasteiger partial charge in [-0.25, -0.2) is 4.79 Å². The van der Waals surface area contributed by atoms with E-state index in [0.29, 0.717) is 31.6 Å². The van der Waals surface area contributed by atoms with Crippen LogP contribution < -0.4 is 11.0 Å². The fourth-order valence-corrected chi connectivity index (χ4v) is 4.65. The molecule has 2 aliphatic rings. The maximum Gasteiger partial charge on any atom is 0.329 e. The van der Waals surface area contributed by atoms with Gasteiger partial charge in [0.25, 0.3) is 0 Å². The van der Waals surface area contributed by atoms with Crippen molar-refractivity contribution in [2.45, 2.75) is 64.2 Å². The van der Waals surface area contributed by atoms with E-state index in [4.69, 9.17) is 0 Å². The highest BCUT2D eigenvalue weighted by Crippen LogP contribution is 2.28. The number of nitrogens with zero attached hydrogens (tertiary/aromatic N) is 3. The number of aromatic nitrogens is 2. The molecule has 2 atom stereocenters. The Hall–Kier alpha value is -2.08. The number of nitrogens with one attached hydrogen (secondary N) is 1. The van der Waals surface area contributed by atoms with Crippen LogP contribution in [0.2, 0.25) is 0 Å². The number of para-hydroxylation sites is 2. The summed E-state index contributed by atoms with van der Waals surface area (Å²) in [5.41, 5.74) is 1.89. The summed E-state index contributed by atoms with van der Waals surface area (Å²) in [4.78, 5) is 27.9. The minimum absolute atomic E-state index is 0.00125. The average Bonchev–Trinajstić information content (AvgIpc) is 3.06. The van der Waals surface area contributed by atoms with Crippen LogP contribution in [0.3, 0.4) is 0 Å². The number of hydrogen-bond donors (Lipinski definition) is 1. The zero-order chi connectivity index (χ0) is 18.1. The molecule has 140 valence electrons. The summed E-state index contributed by atoms with van der Waals surface area (Å²) in [5.74, 6) is 0.195. The molecule has 0 radical (unpaired) electrons. The van der Waals surface area contributed by atoms with Gasteiger partial charge in [-0.3, -0.25) is 13.9 Å². The highest BCUT2D eigenvalue weighted by molar-refractivity contribution is 5.78. The highest BCUT2D eigenvalue weighted by atomic mass is 16.2. The SMILES string of the molecule is CCCn1c(=O)n(CCC(=O)N2C3CCNCC2CC3)c2ccccc21. The molecular formula is C20H28N4O2. The Morgan fingerprint density at radius 1 is 1.08 bits per heavy atom. The summed E-state index contributed by atoms with van der Waals surface area (Å²) in [6, 6.07) is 8.59. The number of benzene rings is 1. The van der Waals surface area contributed by atoms with Gasteiger partial charge in [-0.2, -0.15) is 0 Å². The van der Waals surface area contributed by atoms with E-state index in [-0.39, 0.29) is 11.6 Å². The van der Waals surface area contributed by atoms with Crippen LogP contribution in [0.15, 0.2) is 29.1 Å². The number of amides is 1. The van der Waals surface area contributed by atoms with E-state index in [0.717, 1.165) is 49.8 Å². The summed E-state index contributed by atoms with van der Waals surface area (Å²) in [6.07, 6.45) is 4.56. The van der Waals surface area contributed by atoms with Crippen molar-refractivity contribution >= 4 is 16.9 Å². The van der Waals surface area contributed by atoms with E-state index in [1.165, 1.54) is 0 Å². The molecule has 1 amide bonds. The molecule has 2 bridgehead atoms. The van der Waals surface area contributed by atoms with Crippen LogP contribution in [-0.2, 0) is 17.9 Å². The molecule has 26 heavy (non-hydrogen) atoms. The molecule has 2 unspecified atom stereocenters. The van der Waals surface area contributed by atoms with Gasteiger partial charge in [0.2, 0.25) is 5.91 Å². The van der Waals surface area contributed by atoms with Gasteiger partial charge in [-0.1, -0.05) is 19.1 Å². The third-order valence-corrected chi connectivity index (χ3v) is 5.86. The Kier molecular flexibility index (Phi) is 4.85. The maximum absolute atomic E-state index is 12.9. The lowest BCUT2D eigenvalue weighted by Crippen LogP contribution is -2.43. The Bertz CT molecular complexity index is 839. The summed E-state index contributed by atoms with van der Waals surface area (Å²) < 4.78 is 3.61. The van der Waals surface area contributed by atoms with Gasteiger partial charge in [0, 0.05) is 38.1 Å². The molecule has 6 heteroatoms. The fourth-order valence-electron chi connectivity index (χ4n) is 4.65. The monoisotopic (exact) mass is 356 g/mol. The average molecular weight is 356 g/mol. The van der Waals surface area contributed by atoms with E-state index in [1.807, 2.05) is 28.8 Å². The second-order valence-electron chi connectivity index (χ2n) is 7.50. The molecular weight excluding hydrogens is 328 g/mol.